The minimum atomic E-state index is -0.00143. The van der Waals surface area contributed by atoms with Gasteiger partial charge in [-0.05, 0) is 24.8 Å². The molecule has 0 amide bonds. The molecule has 0 aliphatic heterocycles. The van der Waals surface area contributed by atoms with E-state index in [1.54, 1.807) is 12.1 Å². The highest BCUT2D eigenvalue weighted by atomic mass is 35.5. The number of nitrogens with zero attached hydrogens (tertiary/aromatic N) is 2. The maximum absolute atomic E-state index is 7.01. The number of rotatable bonds is 3. The second-order valence-corrected chi connectivity index (χ2v) is 3.17. The molecule has 0 fully saturated rings. The van der Waals surface area contributed by atoms with Crippen LogP contribution in [0.1, 0.15) is 6.92 Å². The summed E-state index contributed by atoms with van der Waals surface area (Å²) in [5.41, 5.74) is 5.17. The lowest BCUT2D eigenvalue weighted by molar-refractivity contribution is 0.321. The van der Waals surface area contributed by atoms with Crippen molar-refractivity contribution in [3.63, 3.8) is 0 Å². The Kier molecular flexibility index (Phi) is 5.98. The molecule has 0 saturated heterocycles. The van der Waals surface area contributed by atoms with Gasteiger partial charge in [0, 0.05) is 6.07 Å². The average Bonchev–Trinajstić information content (AvgIpc) is 2.08. The van der Waals surface area contributed by atoms with E-state index in [0.29, 0.717) is 17.5 Å². The second-order valence-electron chi connectivity index (χ2n) is 2.11. The molecule has 0 aliphatic rings. The van der Waals surface area contributed by atoms with Gasteiger partial charge in [-0.3, -0.25) is 5.41 Å². The summed E-state index contributed by atoms with van der Waals surface area (Å²) < 4.78 is 5.10. The van der Waals surface area contributed by atoms with E-state index in [-0.39, 0.29) is 17.6 Å². The molecule has 0 spiro atoms. The highest BCUT2D eigenvalue weighted by Gasteiger charge is 1.99. The number of aromatic nitrogens is 2. The number of hydrogen-bond acceptors (Lipinski definition) is 5. The fourth-order valence-electron chi connectivity index (χ4n) is 0.700. The predicted molar refractivity (Wildman–Crippen MR) is 58.2 cm³/mol. The molecular formula is C7H11ClN4OS. The normalized spacial score (nSPS) is 8.93. The molecule has 0 atom stereocenters. The molecular weight excluding hydrogens is 224 g/mol. The summed E-state index contributed by atoms with van der Waals surface area (Å²) in [6.45, 7) is 2.44. The zero-order valence-electron chi connectivity index (χ0n) is 7.56. The van der Waals surface area contributed by atoms with E-state index >= 15 is 0 Å². The fraction of sp³-hybridized carbons (Fsp3) is 0.286. The topological polar surface area (TPSA) is 84.9 Å². The first-order chi connectivity index (χ1) is 6.22. The largest absolute Gasteiger partial charge is 0.477 e. The minimum Gasteiger partial charge on any atom is -0.477 e. The molecule has 0 unspecified atom stereocenters. The van der Waals surface area contributed by atoms with Crippen LogP contribution in [-0.4, -0.2) is 22.0 Å². The van der Waals surface area contributed by atoms with Gasteiger partial charge in [-0.25, -0.2) is 0 Å². The molecule has 0 bridgehead atoms. The molecule has 1 heterocycles. The second kappa shape index (κ2) is 6.44. The van der Waals surface area contributed by atoms with E-state index in [2.05, 4.69) is 10.2 Å². The third-order valence-corrected chi connectivity index (χ3v) is 1.77. The smallest absolute Gasteiger partial charge is 0.233 e. The van der Waals surface area contributed by atoms with Crippen molar-refractivity contribution < 1.29 is 4.74 Å². The van der Waals surface area contributed by atoms with Gasteiger partial charge in [0.05, 0.1) is 6.61 Å². The summed E-state index contributed by atoms with van der Waals surface area (Å²) in [5.74, 6) is 0.482. The Labute approximate surface area is 92.3 Å². The standard InChI is InChI=1S/C7H10N4OS.ClH/c1-2-12-5-3-4-6(11-10-5)13-7(8)9;/h3-4H,2H2,1H3,(H3,8,9);1H. The van der Waals surface area contributed by atoms with Crippen LogP contribution in [0.2, 0.25) is 0 Å². The SMILES string of the molecule is CCOc1ccc(SC(=N)N)nn1.Cl. The highest BCUT2D eigenvalue weighted by molar-refractivity contribution is 8.13. The van der Waals surface area contributed by atoms with Gasteiger partial charge >= 0.3 is 0 Å². The van der Waals surface area contributed by atoms with Gasteiger partial charge in [-0.1, -0.05) is 0 Å². The summed E-state index contributed by atoms with van der Waals surface area (Å²) in [5, 5.41) is 15.2. The Hall–Kier alpha value is -1.01. The van der Waals surface area contributed by atoms with Gasteiger partial charge in [0.25, 0.3) is 0 Å². The molecule has 7 heteroatoms. The molecule has 0 aliphatic carbocycles. The molecule has 5 nitrogen and oxygen atoms in total. The molecule has 1 rings (SSSR count). The zero-order chi connectivity index (χ0) is 9.68. The van der Waals surface area contributed by atoms with Gasteiger partial charge in [-0.15, -0.1) is 22.6 Å². The number of nitrogens with one attached hydrogen (secondary N) is 1. The first-order valence-electron chi connectivity index (χ1n) is 3.70. The summed E-state index contributed by atoms with van der Waals surface area (Å²) in [4.78, 5) is 0. The van der Waals surface area contributed by atoms with Crippen LogP contribution in [0.3, 0.4) is 0 Å². The Bertz CT molecular complexity index is 292. The van der Waals surface area contributed by atoms with E-state index in [1.807, 2.05) is 6.92 Å². The molecule has 0 radical (unpaired) electrons. The number of halogens is 1. The van der Waals surface area contributed by atoms with Crippen LogP contribution in [0.15, 0.2) is 17.2 Å². The highest BCUT2D eigenvalue weighted by Crippen LogP contribution is 2.14. The van der Waals surface area contributed by atoms with Crippen molar-refractivity contribution in [2.24, 2.45) is 5.73 Å². The molecule has 3 N–H and O–H groups in total. The fourth-order valence-corrected chi connectivity index (χ4v) is 1.14. The lowest BCUT2D eigenvalue weighted by Crippen LogP contribution is -2.04. The van der Waals surface area contributed by atoms with Gasteiger partial charge in [-0.2, -0.15) is 0 Å². The molecule has 78 valence electrons. The Balaban J connectivity index is 0.00000169. The van der Waals surface area contributed by atoms with E-state index < -0.39 is 0 Å². The van der Waals surface area contributed by atoms with Crippen LogP contribution in [0.5, 0.6) is 5.88 Å². The number of ether oxygens (including phenoxy) is 1. The molecule has 1 aromatic rings. The average molecular weight is 235 g/mol. The monoisotopic (exact) mass is 234 g/mol. The van der Waals surface area contributed by atoms with Crippen LogP contribution in [0, 0.1) is 5.41 Å². The lowest BCUT2D eigenvalue weighted by atomic mass is 10.6. The predicted octanol–water partition coefficient (Wildman–Crippen LogP) is 1.28. The maximum atomic E-state index is 7.01. The van der Waals surface area contributed by atoms with Crippen LogP contribution in [0.25, 0.3) is 0 Å². The summed E-state index contributed by atoms with van der Waals surface area (Å²) in [6.07, 6.45) is 0. The van der Waals surface area contributed by atoms with E-state index in [9.17, 15) is 0 Å². The number of amidine groups is 1. The van der Waals surface area contributed by atoms with Gasteiger partial charge in [0.15, 0.2) is 5.17 Å². The van der Waals surface area contributed by atoms with Crippen molar-refractivity contribution in [2.75, 3.05) is 6.61 Å². The molecule has 0 aromatic carbocycles. The first kappa shape index (κ1) is 13.0. The van der Waals surface area contributed by atoms with Gasteiger partial charge in [0.2, 0.25) is 5.88 Å². The van der Waals surface area contributed by atoms with Crippen molar-refractivity contribution in [1.82, 2.24) is 10.2 Å². The Morgan fingerprint density at radius 3 is 2.71 bits per heavy atom. The van der Waals surface area contributed by atoms with Crippen molar-refractivity contribution in [3.05, 3.63) is 12.1 Å². The maximum Gasteiger partial charge on any atom is 0.233 e. The van der Waals surface area contributed by atoms with Crippen LogP contribution >= 0.6 is 24.2 Å². The third-order valence-electron chi connectivity index (χ3n) is 1.12. The quantitative estimate of drug-likeness (QED) is 0.468. The van der Waals surface area contributed by atoms with E-state index in [0.717, 1.165) is 11.8 Å². The van der Waals surface area contributed by atoms with Crippen LogP contribution in [-0.2, 0) is 0 Å². The number of thioether (sulfide) groups is 1. The van der Waals surface area contributed by atoms with Crippen LogP contribution < -0.4 is 10.5 Å². The zero-order valence-corrected chi connectivity index (χ0v) is 9.19. The van der Waals surface area contributed by atoms with Gasteiger partial charge in [0.1, 0.15) is 5.03 Å². The van der Waals surface area contributed by atoms with E-state index in [1.165, 1.54) is 0 Å². The summed E-state index contributed by atoms with van der Waals surface area (Å²) in [7, 11) is 0. The first-order valence-corrected chi connectivity index (χ1v) is 4.52. The molecule has 1 aromatic heterocycles. The summed E-state index contributed by atoms with van der Waals surface area (Å²) >= 11 is 1.06. The molecule has 0 saturated carbocycles. The number of nitrogens with two attached hydrogens (primary N) is 1. The van der Waals surface area contributed by atoms with Gasteiger partial charge < -0.3 is 10.5 Å². The van der Waals surface area contributed by atoms with Crippen molar-refractivity contribution in [2.45, 2.75) is 11.9 Å². The van der Waals surface area contributed by atoms with E-state index in [4.69, 9.17) is 15.9 Å². The van der Waals surface area contributed by atoms with Crippen LogP contribution in [0.4, 0.5) is 0 Å². The lowest BCUT2D eigenvalue weighted by Gasteiger charge is -2.00. The Morgan fingerprint density at radius 1 is 1.57 bits per heavy atom. The third kappa shape index (κ3) is 4.29. The molecule has 14 heavy (non-hydrogen) atoms. The minimum absolute atomic E-state index is 0. The number of hydrogen-bond donors (Lipinski definition) is 2. The van der Waals surface area contributed by atoms with Crippen molar-refractivity contribution >= 4 is 29.3 Å². The van der Waals surface area contributed by atoms with Crippen molar-refractivity contribution in [3.8, 4) is 5.88 Å². The van der Waals surface area contributed by atoms with Crippen molar-refractivity contribution in [1.29, 1.82) is 5.41 Å². The summed E-state index contributed by atoms with van der Waals surface area (Å²) in [6, 6.07) is 3.41. The Morgan fingerprint density at radius 2 is 2.29 bits per heavy atom.